The molecule has 0 aliphatic heterocycles. The third kappa shape index (κ3) is 4.29. The molecule has 0 atom stereocenters. The number of aromatic nitrogens is 2. The number of nitrogens with one attached hydrogen (secondary N) is 1. The Morgan fingerprint density at radius 3 is 2.62 bits per heavy atom. The van der Waals surface area contributed by atoms with Gasteiger partial charge >= 0.3 is 0 Å². The van der Waals surface area contributed by atoms with Gasteiger partial charge in [0.15, 0.2) is 15.0 Å². The standard InChI is InChI=1S/C19H16FN3O3S3/c1-11-21-17-15(27-11)9-8-14-18(17)28-19(22-14)23-16(24)3-2-10-29(25,26)13-6-4-12(20)5-7-13/h4-9H,2-3,10H2,1H3,(H,22,23,24). The van der Waals surface area contributed by atoms with Gasteiger partial charge in [0.25, 0.3) is 0 Å². The van der Waals surface area contributed by atoms with Crippen molar-refractivity contribution in [2.24, 2.45) is 0 Å². The lowest BCUT2D eigenvalue weighted by Gasteiger charge is -2.04. The van der Waals surface area contributed by atoms with E-state index in [-0.39, 0.29) is 29.4 Å². The Labute approximate surface area is 174 Å². The zero-order valence-corrected chi connectivity index (χ0v) is 17.8. The molecule has 1 N–H and O–H groups in total. The molecule has 0 fully saturated rings. The summed E-state index contributed by atoms with van der Waals surface area (Å²) in [5, 5.41) is 4.17. The van der Waals surface area contributed by atoms with Gasteiger partial charge in [-0.05, 0) is 49.7 Å². The normalized spacial score (nSPS) is 11.9. The second kappa shape index (κ2) is 7.77. The molecular formula is C19H16FN3O3S3. The van der Waals surface area contributed by atoms with Gasteiger partial charge in [0.05, 0.1) is 30.6 Å². The molecule has 6 nitrogen and oxygen atoms in total. The molecule has 0 saturated carbocycles. The second-order valence-electron chi connectivity index (χ2n) is 6.44. The predicted octanol–water partition coefficient (Wildman–Crippen LogP) is 4.55. The van der Waals surface area contributed by atoms with Crippen LogP contribution >= 0.6 is 22.7 Å². The van der Waals surface area contributed by atoms with Crippen LogP contribution in [0.25, 0.3) is 20.4 Å². The minimum Gasteiger partial charge on any atom is -0.302 e. The average Bonchev–Trinajstić information content (AvgIpc) is 3.23. The SMILES string of the molecule is Cc1nc2c(ccc3nc(NC(=O)CCCS(=O)(=O)c4ccc(F)cc4)sc32)s1. The Bertz CT molecular complexity index is 1310. The largest absolute Gasteiger partial charge is 0.302 e. The number of hydrogen-bond acceptors (Lipinski definition) is 7. The highest BCUT2D eigenvalue weighted by molar-refractivity contribution is 7.91. The molecule has 0 spiro atoms. The van der Waals surface area contributed by atoms with E-state index >= 15 is 0 Å². The van der Waals surface area contributed by atoms with E-state index in [4.69, 9.17) is 0 Å². The van der Waals surface area contributed by atoms with Crippen molar-refractivity contribution in [2.75, 3.05) is 11.1 Å². The first-order chi connectivity index (χ1) is 13.8. The Morgan fingerprint density at radius 1 is 1.10 bits per heavy atom. The summed E-state index contributed by atoms with van der Waals surface area (Å²) < 4.78 is 39.5. The van der Waals surface area contributed by atoms with E-state index in [0.29, 0.717) is 5.13 Å². The van der Waals surface area contributed by atoms with Crippen molar-refractivity contribution in [3.8, 4) is 0 Å². The molecule has 10 heteroatoms. The van der Waals surface area contributed by atoms with Crippen LogP contribution in [0.1, 0.15) is 17.8 Å². The second-order valence-corrected chi connectivity index (χ2v) is 10.8. The lowest BCUT2D eigenvalue weighted by atomic mass is 10.3. The smallest absolute Gasteiger partial charge is 0.226 e. The predicted molar refractivity (Wildman–Crippen MR) is 114 cm³/mol. The molecule has 0 radical (unpaired) electrons. The fourth-order valence-corrected chi connectivity index (χ4v) is 6.09. The van der Waals surface area contributed by atoms with Crippen molar-refractivity contribution in [1.29, 1.82) is 0 Å². The average molecular weight is 450 g/mol. The van der Waals surface area contributed by atoms with Crippen LogP contribution < -0.4 is 5.32 Å². The third-order valence-electron chi connectivity index (χ3n) is 4.26. The summed E-state index contributed by atoms with van der Waals surface area (Å²) in [5.74, 6) is -0.988. The first kappa shape index (κ1) is 19.9. The number of fused-ring (bicyclic) bond motifs is 3. The lowest BCUT2D eigenvalue weighted by molar-refractivity contribution is -0.116. The number of anilines is 1. The van der Waals surface area contributed by atoms with Crippen LogP contribution in [0.3, 0.4) is 0 Å². The first-order valence-electron chi connectivity index (χ1n) is 8.77. The number of thiazole rings is 2. The molecule has 0 aliphatic carbocycles. The Balaban J connectivity index is 1.39. The van der Waals surface area contributed by atoms with E-state index in [9.17, 15) is 17.6 Å². The zero-order chi connectivity index (χ0) is 20.6. The maximum atomic E-state index is 12.9. The van der Waals surface area contributed by atoms with Gasteiger partial charge in [0, 0.05) is 6.42 Å². The molecule has 0 bridgehead atoms. The summed E-state index contributed by atoms with van der Waals surface area (Å²) in [6, 6.07) is 8.53. The van der Waals surface area contributed by atoms with Crippen LogP contribution in [0, 0.1) is 12.7 Å². The van der Waals surface area contributed by atoms with Crippen molar-refractivity contribution < 1.29 is 17.6 Å². The molecule has 0 aliphatic rings. The van der Waals surface area contributed by atoms with E-state index in [2.05, 4.69) is 15.3 Å². The van der Waals surface area contributed by atoms with E-state index < -0.39 is 15.7 Å². The van der Waals surface area contributed by atoms with E-state index in [1.807, 2.05) is 19.1 Å². The molecule has 0 unspecified atom stereocenters. The van der Waals surface area contributed by atoms with Crippen LogP contribution in [0.5, 0.6) is 0 Å². The Morgan fingerprint density at radius 2 is 1.86 bits per heavy atom. The molecule has 1 amide bonds. The lowest BCUT2D eigenvalue weighted by Crippen LogP contribution is -2.14. The monoisotopic (exact) mass is 449 g/mol. The van der Waals surface area contributed by atoms with Gasteiger partial charge < -0.3 is 5.32 Å². The third-order valence-corrected chi connectivity index (χ3v) is 8.00. The van der Waals surface area contributed by atoms with Gasteiger partial charge in [-0.1, -0.05) is 11.3 Å². The summed E-state index contributed by atoms with van der Waals surface area (Å²) in [7, 11) is -3.55. The van der Waals surface area contributed by atoms with Crippen molar-refractivity contribution in [2.45, 2.75) is 24.7 Å². The summed E-state index contributed by atoms with van der Waals surface area (Å²) >= 11 is 2.96. The van der Waals surface area contributed by atoms with E-state index in [1.54, 1.807) is 11.3 Å². The minimum atomic E-state index is -3.55. The van der Waals surface area contributed by atoms with E-state index in [0.717, 1.165) is 37.6 Å². The molecule has 29 heavy (non-hydrogen) atoms. The number of sulfone groups is 1. The van der Waals surface area contributed by atoms with Gasteiger partial charge in [0.1, 0.15) is 11.3 Å². The van der Waals surface area contributed by atoms with E-state index in [1.165, 1.54) is 23.5 Å². The summed E-state index contributed by atoms with van der Waals surface area (Å²) in [6.45, 7) is 1.94. The van der Waals surface area contributed by atoms with Gasteiger partial charge in [0.2, 0.25) is 5.91 Å². The zero-order valence-electron chi connectivity index (χ0n) is 15.3. The number of nitrogens with zero attached hydrogens (tertiary/aromatic N) is 2. The maximum Gasteiger partial charge on any atom is 0.226 e. The first-order valence-corrected chi connectivity index (χ1v) is 12.1. The van der Waals surface area contributed by atoms with Crippen LogP contribution in [0.4, 0.5) is 9.52 Å². The molecule has 4 rings (SSSR count). The fourth-order valence-electron chi connectivity index (χ4n) is 2.91. The Kier molecular flexibility index (Phi) is 5.32. The fraction of sp³-hybridized carbons (Fsp3) is 0.211. The molecule has 150 valence electrons. The van der Waals surface area contributed by atoms with Crippen LogP contribution in [-0.2, 0) is 14.6 Å². The number of benzene rings is 2. The number of hydrogen-bond donors (Lipinski definition) is 1. The Hall–Kier alpha value is -2.43. The topological polar surface area (TPSA) is 89.0 Å². The van der Waals surface area contributed by atoms with Crippen molar-refractivity contribution in [3.63, 3.8) is 0 Å². The number of amides is 1. The van der Waals surface area contributed by atoms with Crippen LogP contribution in [0.15, 0.2) is 41.3 Å². The van der Waals surface area contributed by atoms with Gasteiger partial charge in [-0.2, -0.15) is 0 Å². The van der Waals surface area contributed by atoms with Crippen molar-refractivity contribution in [3.05, 3.63) is 47.2 Å². The summed E-state index contributed by atoms with van der Waals surface area (Å²) in [4.78, 5) is 21.2. The summed E-state index contributed by atoms with van der Waals surface area (Å²) in [6.07, 6.45) is 0.202. The molecule has 0 saturated heterocycles. The summed E-state index contributed by atoms with van der Waals surface area (Å²) in [5.41, 5.74) is 1.65. The van der Waals surface area contributed by atoms with Crippen molar-refractivity contribution >= 4 is 64.0 Å². The molecule has 4 aromatic rings. The molecular weight excluding hydrogens is 433 g/mol. The van der Waals surface area contributed by atoms with Gasteiger partial charge in [-0.3, -0.25) is 4.79 Å². The molecule has 2 aromatic carbocycles. The quantitative estimate of drug-likeness (QED) is 0.436. The number of aryl methyl sites for hydroxylation is 1. The van der Waals surface area contributed by atoms with Crippen LogP contribution in [-0.4, -0.2) is 30.0 Å². The minimum absolute atomic E-state index is 0.0432. The number of rotatable bonds is 6. The molecule has 2 aromatic heterocycles. The number of carbonyl (C=O) groups is 1. The number of halogens is 1. The number of carbonyl (C=O) groups excluding carboxylic acids is 1. The van der Waals surface area contributed by atoms with Gasteiger partial charge in [-0.25, -0.2) is 22.8 Å². The highest BCUT2D eigenvalue weighted by Crippen LogP contribution is 2.34. The highest BCUT2D eigenvalue weighted by Gasteiger charge is 2.16. The highest BCUT2D eigenvalue weighted by atomic mass is 32.2. The maximum absolute atomic E-state index is 12.9. The molecule has 2 heterocycles. The van der Waals surface area contributed by atoms with Crippen molar-refractivity contribution in [1.82, 2.24) is 9.97 Å². The van der Waals surface area contributed by atoms with Crippen LogP contribution in [0.2, 0.25) is 0 Å². The van der Waals surface area contributed by atoms with Gasteiger partial charge in [-0.15, -0.1) is 11.3 Å².